The molecule has 1 amide bonds. The Balaban J connectivity index is 4.66. The van der Waals surface area contributed by atoms with Gasteiger partial charge in [-0.25, -0.2) is 9.59 Å². The molecule has 0 aliphatic heterocycles. The van der Waals surface area contributed by atoms with Crippen LogP contribution >= 0.6 is 0 Å². The minimum Gasteiger partial charge on any atom is -0.479 e. The summed E-state index contributed by atoms with van der Waals surface area (Å²) in [5.41, 5.74) is -2.92. The van der Waals surface area contributed by atoms with E-state index in [-0.39, 0.29) is 0 Å². The summed E-state index contributed by atoms with van der Waals surface area (Å²) in [6.45, 7) is 2.95. The van der Waals surface area contributed by atoms with E-state index < -0.39 is 36.4 Å². The first kappa shape index (κ1) is 14.7. The number of hydrogen-bond donors (Lipinski definition) is 4. The van der Waals surface area contributed by atoms with Crippen molar-refractivity contribution < 1.29 is 29.6 Å². The maximum atomic E-state index is 11.3. The zero-order valence-electron chi connectivity index (χ0n) is 9.48. The van der Waals surface area contributed by atoms with Crippen molar-refractivity contribution in [3.63, 3.8) is 0 Å². The van der Waals surface area contributed by atoms with Gasteiger partial charge in [0.15, 0.2) is 5.54 Å². The monoisotopic (exact) mass is 235 g/mol. The Bertz CT molecular complexity index is 266. The molecule has 0 aliphatic rings. The Kier molecular flexibility index (Phi) is 4.70. The number of carbonyl (C=O) groups excluding carboxylic acids is 1. The molecule has 0 aromatic heterocycles. The molecule has 0 aromatic carbocycles. The Morgan fingerprint density at radius 1 is 1.19 bits per heavy atom. The molecule has 0 aromatic rings. The zero-order valence-corrected chi connectivity index (χ0v) is 9.48. The van der Waals surface area contributed by atoms with E-state index in [9.17, 15) is 9.59 Å². The van der Waals surface area contributed by atoms with Crippen LogP contribution in [0.2, 0.25) is 0 Å². The quantitative estimate of drug-likeness (QED) is 0.513. The normalized spacial score (nSPS) is 12.1. The van der Waals surface area contributed by atoms with Gasteiger partial charge in [0.2, 0.25) is 0 Å². The second kappa shape index (κ2) is 5.13. The van der Waals surface area contributed by atoms with E-state index in [2.05, 4.69) is 0 Å². The maximum Gasteiger partial charge on any atom is 0.408 e. The van der Waals surface area contributed by atoms with Crippen molar-refractivity contribution in [1.82, 2.24) is 5.32 Å². The SMILES string of the molecule is CC(C)(C)OC(=O)NC(CO)(CO)C(=O)O. The van der Waals surface area contributed by atoms with Crippen LogP contribution in [-0.4, -0.2) is 51.7 Å². The van der Waals surface area contributed by atoms with Crippen LogP contribution < -0.4 is 5.32 Å². The van der Waals surface area contributed by atoms with Crippen LogP contribution in [-0.2, 0) is 9.53 Å². The fourth-order valence-corrected chi connectivity index (χ4v) is 0.817. The third kappa shape index (κ3) is 4.03. The van der Waals surface area contributed by atoms with Gasteiger partial charge in [-0.2, -0.15) is 0 Å². The van der Waals surface area contributed by atoms with Crippen LogP contribution in [0, 0.1) is 0 Å². The minimum absolute atomic E-state index is 0.792. The standard InChI is InChI=1S/C9H17NO6/c1-8(2,3)16-7(15)10-9(4-11,5-12)6(13)14/h11-12H,4-5H2,1-3H3,(H,10,15)(H,13,14). The number of alkyl carbamates (subject to hydrolysis) is 1. The number of carbonyl (C=O) groups is 2. The van der Waals surface area contributed by atoms with E-state index in [4.69, 9.17) is 20.1 Å². The van der Waals surface area contributed by atoms with Gasteiger partial charge in [-0.15, -0.1) is 0 Å². The van der Waals surface area contributed by atoms with Crippen molar-refractivity contribution in [3.8, 4) is 0 Å². The molecule has 0 spiro atoms. The highest BCUT2D eigenvalue weighted by Crippen LogP contribution is 2.09. The molecule has 7 heteroatoms. The van der Waals surface area contributed by atoms with Gasteiger partial charge in [-0.1, -0.05) is 0 Å². The number of aliphatic hydroxyl groups excluding tert-OH is 2. The van der Waals surface area contributed by atoms with Gasteiger partial charge in [0.05, 0.1) is 13.2 Å². The Labute approximate surface area is 93.0 Å². The average molecular weight is 235 g/mol. The van der Waals surface area contributed by atoms with Crippen molar-refractivity contribution in [2.45, 2.75) is 31.9 Å². The highest BCUT2D eigenvalue weighted by atomic mass is 16.6. The second-order valence-electron chi connectivity index (χ2n) is 4.33. The van der Waals surface area contributed by atoms with Crippen molar-refractivity contribution in [2.75, 3.05) is 13.2 Å². The third-order valence-corrected chi connectivity index (χ3v) is 1.69. The van der Waals surface area contributed by atoms with Crippen LogP contribution in [0.15, 0.2) is 0 Å². The topological polar surface area (TPSA) is 116 Å². The van der Waals surface area contributed by atoms with E-state index in [0.29, 0.717) is 0 Å². The number of aliphatic hydroxyl groups is 2. The fourth-order valence-electron chi connectivity index (χ4n) is 0.817. The molecule has 0 bridgehead atoms. The molecule has 0 fully saturated rings. The predicted molar refractivity (Wildman–Crippen MR) is 53.9 cm³/mol. The van der Waals surface area contributed by atoms with Crippen molar-refractivity contribution in [1.29, 1.82) is 0 Å². The lowest BCUT2D eigenvalue weighted by Gasteiger charge is -2.28. The van der Waals surface area contributed by atoms with Crippen molar-refractivity contribution >= 4 is 12.1 Å². The van der Waals surface area contributed by atoms with E-state index in [1.54, 1.807) is 20.8 Å². The predicted octanol–water partition coefficient (Wildman–Crippen LogP) is -0.681. The summed E-state index contributed by atoms with van der Waals surface area (Å²) in [5.74, 6) is -1.54. The molecule has 0 saturated carbocycles. The zero-order chi connectivity index (χ0) is 13.0. The van der Waals surface area contributed by atoms with Crippen LogP contribution in [0.5, 0.6) is 0 Å². The van der Waals surface area contributed by atoms with Gasteiger partial charge in [0.1, 0.15) is 5.60 Å². The Morgan fingerprint density at radius 3 is 1.88 bits per heavy atom. The molecule has 7 nitrogen and oxygen atoms in total. The van der Waals surface area contributed by atoms with Crippen LogP contribution in [0.25, 0.3) is 0 Å². The lowest BCUT2D eigenvalue weighted by Crippen LogP contribution is -2.60. The van der Waals surface area contributed by atoms with Gasteiger partial charge in [0.25, 0.3) is 0 Å². The molecule has 0 radical (unpaired) electrons. The summed E-state index contributed by atoms with van der Waals surface area (Å²) in [6.07, 6.45) is -1.02. The van der Waals surface area contributed by atoms with Gasteiger partial charge in [-0.3, -0.25) is 0 Å². The summed E-state index contributed by atoms with van der Waals surface area (Å²) >= 11 is 0. The smallest absolute Gasteiger partial charge is 0.408 e. The van der Waals surface area contributed by atoms with Gasteiger partial charge in [0, 0.05) is 0 Å². The van der Waals surface area contributed by atoms with Gasteiger partial charge in [-0.05, 0) is 20.8 Å². The largest absolute Gasteiger partial charge is 0.479 e. The van der Waals surface area contributed by atoms with E-state index >= 15 is 0 Å². The highest BCUT2D eigenvalue weighted by molar-refractivity contribution is 5.84. The molecule has 0 heterocycles. The molecule has 0 rings (SSSR count). The maximum absolute atomic E-state index is 11.3. The summed E-state index contributed by atoms with van der Waals surface area (Å²) in [7, 11) is 0. The van der Waals surface area contributed by atoms with Crippen LogP contribution in [0.4, 0.5) is 4.79 Å². The summed E-state index contributed by atoms with van der Waals surface area (Å²) < 4.78 is 4.81. The van der Waals surface area contributed by atoms with Crippen molar-refractivity contribution in [3.05, 3.63) is 0 Å². The number of carboxylic acid groups (broad SMARTS) is 1. The lowest BCUT2D eigenvalue weighted by molar-refractivity contribution is -0.148. The third-order valence-electron chi connectivity index (χ3n) is 1.69. The summed E-state index contributed by atoms with van der Waals surface area (Å²) in [6, 6.07) is 0. The molecular weight excluding hydrogens is 218 g/mol. The van der Waals surface area contributed by atoms with Crippen molar-refractivity contribution in [2.24, 2.45) is 0 Å². The molecule has 0 unspecified atom stereocenters. The first-order valence-corrected chi connectivity index (χ1v) is 4.63. The van der Waals surface area contributed by atoms with Gasteiger partial charge < -0.3 is 25.4 Å². The number of rotatable bonds is 4. The highest BCUT2D eigenvalue weighted by Gasteiger charge is 2.40. The number of ether oxygens (including phenoxy) is 1. The molecule has 16 heavy (non-hydrogen) atoms. The first-order valence-electron chi connectivity index (χ1n) is 4.63. The fraction of sp³-hybridized carbons (Fsp3) is 0.778. The van der Waals surface area contributed by atoms with E-state index in [0.717, 1.165) is 0 Å². The number of aliphatic carboxylic acids is 1. The second-order valence-corrected chi connectivity index (χ2v) is 4.33. The molecular formula is C9H17NO6. The number of nitrogens with one attached hydrogen (secondary N) is 1. The van der Waals surface area contributed by atoms with Crippen LogP contribution in [0.1, 0.15) is 20.8 Å². The Morgan fingerprint density at radius 2 is 1.62 bits per heavy atom. The number of amides is 1. The van der Waals surface area contributed by atoms with E-state index in [1.807, 2.05) is 5.32 Å². The summed E-state index contributed by atoms with van der Waals surface area (Å²) in [5, 5.41) is 28.5. The van der Waals surface area contributed by atoms with E-state index in [1.165, 1.54) is 0 Å². The number of carboxylic acids is 1. The first-order chi connectivity index (χ1) is 7.17. The van der Waals surface area contributed by atoms with Crippen LogP contribution in [0.3, 0.4) is 0 Å². The lowest BCUT2D eigenvalue weighted by atomic mass is 10.0. The minimum atomic E-state index is -2.12. The molecule has 0 atom stereocenters. The average Bonchev–Trinajstić information content (AvgIpc) is 2.10. The Hall–Kier alpha value is -1.34. The molecule has 94 valence electrons. The molecule has 4 N–H and O–H groups in total. The van der Waals surface area contributed by atoms with Gasteiger partial charge >= 0.3 is 12.1 Å². The number of hydrogen-bond acceptors (Lipinski definition) is 5. The molecule has 0 aliphatic carbocycles. The molecule has 0 saturated heterocycles. The summed E-state index contributed by atoms with van der Waals surface area (Å²) in [4.78, 5) is 22.1.